The first-order valence-electron chi connectivity index (χ1n) is 6.99. The molecule has 2 heteroatoms. The zero-order valence-corrected chi connectivity index (χ0v) is 12.0. The van der Waals surface area contributed by atoms with Gasteiger partial charge in [-0.05, 0) is 17.9 Å². The second-order valence-electron chi connectivity index (χ2n) is 7.20. The number of Topliss-reactive ketones (excluding diaryl/α,β-unsaturated/α-hetero) is 1. The van der Waals surface area contributed by atoms with Gasteiger partial charge in [0.2, 0.25) is 0 Å². The van der Waals surface area contributed by atoms with Crippen LogP contribution in [0.5, 0.6) is 0 Å². The molecule has 0 saturated heterocycles. The summed E-state index contributed by atoms with van der Waals surface area (Å²) in [5, 5.41) is 0. The van der Waals surface area contributed by atoms with Gasteiger partial charge in [-0.3, -0.25) is 4.79 Å². The summed E-state index contributed by atoms with van der Waals surface area (Å²) in [5.74, 6) is 3.69. The quantitative estimate of drug-likeness (QED) is 0.751. The van der Waals surface area contributed by atoms with E-state index in [9.17, 15) is 4.79 Å². The molecule has 0 spiro atoms. The van der Waals surface area contributed by atoms with Crippen molar-refractivity contribution in [3.8, 4) is 0 Å². The van der Waals surface area contributed by atoms with Gasteiger partial charge in [-0.2, -0.15) is 0 Å². The van der Waals surface area contributed by atoms with Crippen molar-refractivity contribution in [3.63, 3.8) is 0 Å². The zero-order valence-electron chi connectivity index (χ0n) is 12.0. The Morgan fingerprint density at radius 3 is 2.39 bits per heavy atom. The second-order valence-corrected chi connectivity index (χ2v) is 7.20. The number of hydrogen-bond donors (Lipinski definition) is 0. The van der Waals surface area contributed by atoms with Gasteiger partial charge >= 0.3 is 0 Å². The molecular formula is C16H22O2. The number of rotatable bonds is 1. The molecule has 0 radical (unpaired) electrons. The maximum atomic E-state index is 11.9. The van der Waals surface area contributed by atoms with E-state index in [1.54, 1.807) is 0 Å². The Hall–Kier alpha value is -1.05. The maximum absolute atomic E-state index is 11.9. The highest BCUT2D eigenvalue weighted by Gasteiger charge is 2.51. The molecule has 2 nitrogen and oxygen atoms in total. The highest BCUT2D eigenvalue weighted by molar-refractivity contribution is 5.94. The molecule has 2 aliphatic carbocycles. The van der Waals surface area contributed by atoms with E-state index in [4.69, 9.17) is 4.42 Å². The molecule has 1 aromatic heterocycles. The van der Waals surface area contributed by atoms with Gasteiger partial charge in [-0.1, -0.05) is 34.6 Å². The van der Waals surface area contributed by atoms with Crippen molar-refractivity contribution in [1.29, 1.82) is 0 Å². The van der Waals surface area contributed by atoms with Crippen LogP contribution in [0.2, 0.25) is 0 Å². The molecule has 98 valence electrons. The van der Waals surface area contributed by atoms with E-state index in [1.807, 2.05) is 0 Å². The lowest BCUT2D eigenvalue weighted by Crippen LogP contribution is -2.32. The van der Waals surface area contributed by atoms with Crippen molar-refractivity contribution in [2.75, 3.05) is 0 Å². The number of hydrogen-bond acceptors (Lipinski definition) is 2. The van der Waals surface area contributed by atoms with Crippen molar-refractivity contribution in [3.05, 3.63) is 22.6 Å². The van der Waals surface area contributed by atoms with E-state index in [2.05, 4.69) is 34.6 Å². The van der Waals surface area contributed by atoms with E-state index in [0.29, 0.717) is 17.6 Å². The Balaban J connectivity index is 2.18. The predicted molar refractivity (Wildman–Crippen MR) is 71.1 cm³/mol. The monoisotopic (exact) mass is 246 g/mol. The maximum Gasteiger partial charge on any atom is 0.141 e. The number of carbonyl (C=O) groups excluding carboxylic acids is 1. The van der Waals surface area contributed by atoms with Gasteiger partial charge in [0.25, 0.3) is 0 Å². The first kappa shape index (κ1) is 12.0. The van der Waals surface area contributed by atoms with Crippen LogP contribution >= 0.6 is 0 Å². The van der Waals surface area contributed by atoms with E-state index in [1.165, 1.54) is 11.1 Å². The third-order valence-corrected chi connectivity index (χ3v) is 4.34. The Morgan fingerprint density at radius 1 is 1.22 bits per heavy atom. The van der Waals surface area contributed by atoms with E-state index in [-0.39, 0.29) is 11.3 Å². The van der Waals surface area contributed by atoms with Gasteiger partial charge in [0.1, 0.15) is 17.3 Å². The van der Waals surface area contributed by atoms with Crippen LogP contribution in [0.1, 0.15) is 75.5 Å². The van der Waals surface area contributed by atoms with Crippen LogP contribution in [0.3, 0.4) is 0 Å². The van der Waals surface area contributed by atoms with Crippen LogP contribution in [0.25, 0.3) is 0 Å². The van der Waals surface area contributed by atoms with Crippen LogP contribution in [0.4, 0.5) is 0 Å². The Bertz CT molecular complexity index is 514. The molecule has 2 atom stereocenters. The highest BCUT2D eigenvalue weighted by Crippen LogP contribution is 2.54. The summed E-state index contributed by atoms with van der Waals surface area (Å²) in [6, 6.07) is 0. The topological polar surface area (TPSA) is 30.2 Å². The van der Waals surface area contributed by atoms with Gasteiger partial charge in [-0.15, -0.1) is 0 Å². The van der Waals surface area contributed by atoms with E-state index in [0.717, 1.165) is 24.4 Å². The molecule has 1 saturated carbocycles. The molecule has 1 heterocycles. The van der Waals surface area contributed by atoms with E-state index < -0.39 is 0 Å². The lowest BCUT2D eigenvalue weighted by Gasteiger charge is -2.29. The minimum atomic E-state index is 0.0318. The molecule has 1 aromatic rings. The smallest absolute Gasteiger partial charge is 0.141 e. The standard InChI is InChI=1S/C16H22O2/c1-8(2)14-13-10(15(18-14)16(3,4)5)6-9-7-11(17)12(9)13/h8-9,12H,6-7H2,1-5H3. The summed E-state index contributed by atoms with van der Waals surface area (Å²) >= 11 is 0. The van der Waals surface area contributed by atoms with Crippen molar-refractivity contribution < 1.29 is 9.21 Å². The summed E-state index contributed by atoms with van der Waals surface area (Å²) in [6.45, 7) is 10.9. The summed E-state index contributed by atoms with van der Waals surface area (Å²) in [7, 11) is 0. The average molecular weight is 246 g/mol. The Labute approximate surface area is 109 Å². The van der Waals surface area contributed by atoms with Crippen molar-refractivity contribution in [2.45, 2.75) is 64.7 Å². The van der Waals surface area contributed by atoms with Crippen molar-refractivity contribution in [1.82, 2.24) is 0 Å². The molecule has 0 aliphatic heterocycles. The number of carbonyl (C=O) groups is 1. The van der Waals surface area contributed by atoms with Gasteiger partial charge < -0.3 is 4.42 Å². The molecule has 18 heavy (non-hydrogen) atoms. The van der Waals surface area contributed by atoms with Gasteiger partial charge in [0.05, 0.1) is 0 Å². The number of ketones is 1. The molecule has 2 aliphatic rings. The Kier molecular flexibility index (Phi) is 2.33. The SMILES string of the molecule is CC(C)c1oc(C(C)(C)C)c2c1C1C(=O)CC1C2. The molecule has 3 rings (SSSR count). The van der Waals surface area contributed by atoms with Gasteiger partial charge in [0, 0.05) is 29.2 Å². The molecular weight excluding hydrogens is 224 g/mol. The van der Waals surface area contributed by atoms with E-state index >= 15 is 0 Å². The minimum absolute atomic E-state index is 0.0318. The van der Waals surface area contributed by atoms with Crippen LogP contribution in [0, 0.1) is 5.92 Å². The lowest BCUT2D eigenvalue weighted by molar-refractivity contribution is -0.128. The van der Waals surface area contributed by atoms with Crippen LogP contribution in [0.15, 0.2) is 4.42 Å². The third kappa shape index (κ3) is 1.44. The fraction of sp³-hybridized carbons (Fsp3) is 0.688. The number of fused-ring (bicyclic) bond motifs is 3. The van der Waals surface area contributed by atoms with Crippen molar-refractivity contribution in [2.24, 2.45) is 5.92 Å². The zero-order chi connectivity index (χ0) is 13.2. The summed E-state index contributed by atoms with van der Waals surface area (Å²) in [4.78, 5) is 11.9. The molecule has 1 fully saturated rings. The van der Waals surface area contributed by atoms with Gasteiger partial charge in [-0.25, -0.2) is 0 Å². The first-order chi connectivity index (χ1) is 8.30. The molecule has 0 amide bonds. The fourth-order valence-corrected chi connectivity index (χ4v) is 3.53. The average Bonchev–Trinajstić information content (AvgIpc) is 2.67. The Morgan fingerprint density at radius 2 is 1.89 bits per heavy atom. The largest absolute Gasteiger partial charge is 0.465 e. The highest BCUT2D eigenvalue weighted by atomic mass is 16.3. The molecule has 2 unspecified atom stereocenters. The molecule has 0 N–H and O–H groups in total. The summed E-state index contributed by atoms with van der Waals surface area (Å²) in [5.41, 5.74) is 2.65. The summed E-state index contributed by atoms with van der Waals surface area (Å²) < 4.78 is 6.16. The molecule has 0 aromatic carbocycles. The third-order valence-electron chi connectivity index (χ3n) is 4.34. The van der Waals surface area contributed by atoms with Crippen LogP contribution in [-0.4, -0.2) is 5.78 Å². The van der Waals surface area contributed by atoms with Crippen molar-refractivity contribution >= 4 is 5.78 Å². The predicted octanol–water partition coefficient (Wildman–Crippen LogP) is 3.93. The van der Waals surface area contributed by atoms with Crippen LogP contribution < -0.4 is 0 Å². The fourth-order valence-electron chi connectivity index (χ4n) is 3.53. The van der Waals surface area contributed by atoms with Crippen LogP contribution in [-0.2, 0) is 16.6 Å². The van der Waals surface area contributed by atoms with Gasteiger partial charge in [0.15, 0.2) is 0 Å². The molecule has 0 bridgehead atoms. The minimum Gasteiger partial charge on any atom is -0.465 e. The lowest BCUT2D eigenvalue weighted by atomic mass is 9.72. The number of furan rings is 1. The summed E-state index contributed by atoms with van der Waals surface area (Å²) in [6.07, 6.45) is 1.83. The normalized spacial score (nSPS) is 26.2. The second kappa shape index (κ2) is 3.49. The first-order valence-corrected chi connectivity index (χ1v) is 6.99.